The minimum Gasteiger partial charge on any atom is -0.469 e. The average Bonchev–Trinajstić information content (AvgIpc) is 2.45. The average molecular weight is 293 g/mol. The minimum absolute atomic E-state index is 0.155. The van der Waals surface area contributed by atoms with E-state index < -0.39 is 0 Å². The minimum atomic E-state index is -0.286. The number of fused-ring (bicyclic) bond motifs is 1. The van der Waals surface area contributed by atoms with Crippen molar-refractivity contribution in [2.24, 2.45) is 5.73 Å². The molecule has 1 heterocycles. The third kappa shape index (κ3) is 2.92. The van der Waals surface area contributed by atoms with Gasteiger partial charge in [-0.15, -0.1) is 0 Å². The van der Waals surface area contributed by atoms with Gasteiger partial charge in [-0.3, -0.25) is 9.78 Å². The maximum Gasteiger partial charge on any atom is 0.306 e. The smallest absolute Gasteiger partial charge is 0.306 e. The number of nitrogens with two attached hydrogens (primary N) is 1. The standard InChI is InChI=1S/C15H17ClN2O2/c1-9(17)12(8-14(19)20-2)10-5-6-13(16)11-4-3-7-18-15(10)11/h3-7,9,12H,8,17H2,1-2H3. The van der Waals surface area contributed by atoms with Gasteiger partial charge in [0.25, 0.3) is 0 Å². The lowest BCUT2D eigenvalue weighted by molar-refractivity contribution is -0.141. The molecule has 0 amide bonds. The van der Waals surface area contributed by atoms with Gasteiger partial charge < -0.3 is 10.5 Å². The van der Waals surface area contributed by atoms with Crippen molar-refractivity contribution in [3.8, 4) is 0 Å². The number of rotatable bonds is 4. The number of ether oxygens (including phenoxy) is 1. The Hall–Kier alpha value is -1.65. The first-order valence-electron chi connectivity index (χ1n) is 6.40. The molecule has 2 atom stereocenters. The Labute approximate surface area is 122 Å². The molecule has 106 valence electrons. The monoisotopic (exact) mass is 292 g/mol. The number of carbonyl (C=O) groups is 1. The number of methoxy groups -OCH3 is 1. The van der Waals surface area contributed by atoms with Crippen LogP contribution in [-0.4, -0.2) is 24.1 Å². The predicted molar refractivity (Wildman–Crippen MR) is 79.8 cm³/mol. The fourth-order valence-electron chi connectivity index (χ4n) is 2.30. The van der Waals surface area contributed by atoms with Gasteiger partial charge in [-0.1, -0.05) is 17.7 Å². The molecule has 0 aliphatic rings. The van der Waals surface area contributed by atoms with Gasteiger partial charge in [-0.25, -0.2) is 0 Å². The number of pyridine rings is 1. The molecule has 2 aromatic rings. The summed E-state index contributed by atoms with van der Waals surface area (Å²) in [6.45, 7) is 1.87. The predicted octanol–water partition coefficient (Wildman–Crippen LogP) is 2.88. The Balaban J connectivity index is 2.54. The van der Waals surface area contributed by atoms with Crippen LogP contribution in [0.5, 0.6) is 0 Å². The summed E-state index contributed by atoms with van der Waals surface area (Å²) in [5.41, 5.74) is 7.74. The van der Waals surface area contributed by atoms with Crippen molar-refractivity contribution < 1.29 is 9.53 Å². The number of benzene rings is 1. The fourth-order valence-corrected chi connectivity index (χ4v) is 2.52. The second-order valence-corrected chi connectivity index (χ2v) is 5.19. The Morgan fingerprint density at radius 2 is 2.20 bits per heavy atom. The summed E-state index contributed by atoms with van der Waals surface area (Å²) < 4.78 is 4.75. The Bertz CT molecular complexity index is 628. The van der Waals surface area contributed by atoms with Gasteiger partial charge >= 0.3 is 5.97 Å². The van der Waals surface area contributed by atoms with E-state index in [2.05, 4.69) is 4.98 Å². The largest absolute Gasteiger partial charge is 0.469 e. The van der Waals surface area contributed by atoms with Gasteiger partial charge in [0.05, 0.1) is 19.0 Å². The lowest BCUT2D eigenvalue weighted by Gasteiger charge is -2.21. The van der Waals surface area contributed by atoms with Gasteiger partial charge in [0.2, 0.25) is 0 Å². The summed E-state index contributed by atoms with van der Waals surface area (Å²) in [5, 5.41) is 1.50. The highest BCUT2D eigenvalue weighted by Crippen LogP contribution is 2.32. The normalized spacial score (nSPS) is 14.0. The van der Waals surface area contributed by atoms with Gasteiger partial charge in [-0.2, -0.15) is 0 Å². The summed E-state index contributed by atoms with van der Waals surface area (Å²) in [4.78, 5) is 16.0. The topological polar surface area (TPSA) is 65.2 Å². The van der Waals surface area contributed by atoms with Crippen LogP contribution in [0.3, 0.4) is 0 Å². The molecule has 4 nitrogen and oxygen atoms in total. The van der Waals surface area contributed by atoms with Crippen molar-refractivity contribution in [1.82, 2.24) is 4.98 Å². The number of carbonyl (C=O) groups excluding carboxylic acids is 1. The van der Waals surface area contributed by atoms with Gasteiger partial charge in [-0.05, 0) is 30.7 Å². The zero-order chi connectivity index (χ0) is 14.7. The van der Waals surface area contributed by atoms with E-state index in [1.165, 1.54) is 7.11 Å². The maximum absolute atomic E-state index is 11.6. The van der Waals surface area contributed by atoms with E-state index >= 15 is 0 Å². The number of aromatic nitrogens is 1. The van der Waals surface area contributed by atoms with Crippen molar-refractivity contribution >= 4 is 28.5 Å². The van der Waals surface area contributed by atoms with Crippen LogP contribution in [-0.2, 0) is 9.53 Å². The van der Waals surface area contributed by atoms with Crippen molar-refractivity contribution in [2.75, 3.05) is 7.11 Å². The molecule has 1 aromatic carbocycles. The molecule has 0 bridgehead atoms. The van der Waals surface area contributed by atoms with Crippen molar-refractivity contribution in [1.29, 1.82) is 0 Å². The third-order valence-corrected chi connectivity index (χ3v) is 3.73. The van der Waals surface area contributed by atoms with E-state index in [4.69, 9.17) is 22.1 Å². The Kier molecular flexibility index (Phi) is 4.57. The number of nitrogens with zero attached hydrogens (tertiary/aromatic N) is 1. The maximum atomic E-state index is 11.6. The zero-order valence-corrected chi connectivity index (χ0v) is 12.2. The highest BCUT2D eigenvalue weighted by atomic mass is 35.5. The quantitative estimate of drug-likeness (QED) is 0.880. The molecule has 5 heteroatoms. The summed E-state index contributed by atoms with van der Waals surface area (Å²) in [6.07, 6.45) is 1.93. The summed E-state index contributed by atoms with van der Waals surface area (Å²) >= 11 is 6.18. The zero-order valence-electron chi connectivity index (χ0n) is 11.5. The molecule has 0 spiro atoms. The van der Waals surface area contributed by atoms with Crippen molar-refractivity contribution in [3.05, 3.63) is 41.0 Å². The van der Waals surface area contributed by atoms with Crippen LogP contribution in [0.2, 0.25) is 5.02 Å². The van der Waals surface area contributed by atoms with Crippen molar-refractivity contribution in [2.45, 2.75) is 25.3 Å². The lowest BCUT2D eigenvalue weighted by Crippen LogP contribution is -2.27. The molecule has 0 radical (unpaired) electrons. The van der Waals surface area contributed by atoms with Crippen LogP contribution < -0.4 is 5.73 Å². The van der Waals surface area contributed by atoms with E-state index in [9.17, 15) is 4.79 Å². The van der Waals surface area contributed by atoms with Crippen LogP contribution >= 0.6 is 11.6 Å². The van der Waals surface area contributed by atoms with E-state index in [0.717, 1.165) is 16.5 Å². The highest BCUT2D eigenvalue weighted by molar-refractivity contribution is 6.35. The van der Waals surface area contributed by atoms with Gasteiger partial charge in [0.15, 0.2) is 0 Å². The van der Waals surface area contributed by atoms with Crippen LogP contribution in [0.1, 0.15) is 24.8 Å². The number of esters is 1. The van der Waals surface area contributed by atoms with E-state index in [-0.39, 0.29) is 24.3 Å². The second-order valence-electron chi connectivity index (χ2n) is 4.78. The second kappa shape index (κ2) is 6.20. The molecule has 0 aliphatic carbocycles. The molecule has 0 saturated heterocycles. The van der Waals surface area contributed by atoms with Crippen LogP contribution in [0.4, 0.5) is 0 Å². The summed E-state index contributed by atoms with van der Waals surface area (Å²) in [7, 11) is 1.37. The number of hydrogen-bond donors (Lipinski definition) is 1. The van der Waals surface area contributed by atoms with Crippen LogP contribution in [0.15, 0.2) is 30.5 Å². The lowest BCUT2D eigenvalue weighted by atomic mass is 9.88. The molecule has 0 saturated carbocycles. The Morgan fingerprint density at radius 3 is 2.85 bits per heavy atom. The first kappa shape index (κ1) is 14.8. The number of halogens is 1. The molecule has 2 rings (SSSR count). The van der Waals surface area contributed by atoms with E-state index in [1.54, 1.807) is 6.20 Å². The number of hydrogen-bond acceptors (Lipinski definition) is 4. The first-order valence-corrected chi connectivity index (χ1v) is 6.78. The fraction of sp³-hybridized carbons (Fsp3) is 0.333. The molecule has 20 heavy (non-hydrogen) atoms. The molecule has 0 fully saturated rings. The van der Waals surface area contributed by atoms with Gasteiger partial charge in [0.1, 0.15) is 0 Å². The SMILES string of the molecule is COC(=O)CC(c1ccc(Cl)c2cccnc12)C(C)N. The molecular formula is C15H17ClN2O2. The molecular weight excluding hydrogens is 276 g/mol. The molecule has 0 aliphatic heterocycles. The van der Waals surface area contributed by atoms with E-state index in [0.29, 0.717) is 5.02 Å². The molecule has 1 aromatic heterocycles. The Morgan fingerprint density at radius 1 is 1.45 bits per heavy atom. The summed E-state index contributed by atoms with van der Waals surface area (Å²) in [6, 6.07) is 7.24. The van der Waals surface area contributed by atoms with E-state index in [1.807, 2.05) is 31.2 Å². The van der Waals surface area contributed by atoms with Gasteiger partial charge in [0, 0.05) is 28.6 Å². The van der Waals surface area contributed by atoms with Crippen molar-refractivity contribution in [3.63, 3.8) is 0 Å². The third-order valence-electron chi connectivity index (χ3n) is 3.40. The molecule has 2 N–H and O–H groups in total. The summed E-state index contributed by atoms with van der Waals surface area (Å²) in [5.74, 6) is -0.441. The first-order chi connectivity index (χ1) is 9.54. The van der Waals surface area contributed by atoms with Crippen LogP contribution in [0.25, 0.3) is 10.9 Å². The highest BCUT2D eigenvalue weighted by Gasteiger charge is 2.23. The molecule has 2 unspecified atom stereocenters. The van der Waals surface area contributed by atoms with Crippen LogP contribution in [0, 0.1) is 0 Å².